The Morgan fingerprint density at radius 2 is 2.00 bits per heavy atom. The Balaban J connectivity index is 2.59. The fourth-order valence-corrected chi connectivity index (χ4v) is 3.43. The van der Waals surface area contributed by atoms with Gasteiger partial charge in [0.2, 0.25) is 0 Å². The highest BCUT2D eigenvalue weighted by Gasteiger charge is 2.34. The Morgan fingerprint density at radius 3 is 2.58 bits per heavy atom. The number of urea groups is 1. The van der Waals surface area contributed by atoms with Crippen molar-refractivity contribution in [1.82, 2.24) is 10.6 Å². The number of methoxy groups -OCH3 is 2. The molecule has 1 aliphatic rings. The van der Waals surface area contributed by atoms with Crippen LogP contribution in [-0.4, -0.2) is 32.8 Å². The predicted molar refractivity (Wildman–Crippen MR) is 100 cm³/mol. The van der Waals surface area contributed by atoms with Crippen LogP contribution in [0, 0.1) is 0 Å². The van der Waals surface area contributed by atoms with Crippen molar-refractivity contribution in [2.75, 3.05) is 20.8 Å². The smallest absolute Gasteiger partial charge is 0.337 e. The molecule has 1 heterocycles. The van der Waals surface area contributed by atoms with Crippen LogP contribution in [0.15, 0.2) is 27.9 Å². The first-order valence-electron chi connectivity index (χ1n) is 8.35. The third-order valence-electron chi connectivity index (χ3n) is 3.93. The second kappa shape index (κ2) is 8.93. The minimum atomic E-state index is -0.654. The molecule has 2 amide bonds. The lowest BCUT2D eigenvalue weighted by atomic mass is 9.93. The molecule has 142 valence electrons. The number of esters is 1. The van der Waals surface area contributed by atoms with Gasteiger partial charge in [-0.15, -0.1) is 0 Å². The molecule has 26 heavy (non-hydrogen) atoms. The van der Waals surface area contributed by atoms with E-state index in [1.807, 2.05) is 13.8 Å². The molecule has 0 radical (unpaired) electrons. The number of benzene rings is 1. The number of hydrogen-bond acceptors (Lipinski definition) is 5. The molecular formula is C18H23BrN2O5. The van der Waals surface area contributed by atoms with E-state index < -0.39 is 12.0 Å². The van der Waals surface area contributed by atoms with Gasteiger partial charge in [0.25, 0.3) is 0 Å². The van der Waals surface area contributed by atoms with Crippen LogP contribution >= 0.6 is 15.9 Å². The van der Waals surface area contributed by atoms with Gasteiger partial charge in [-0.2, -0.15) is 0 Å². The van der Waals surface area contributed by atoms with Crippen molar-refractivity contribution in [1.29, 1.82) is 0 Å². The molecule has 0 saturated carbocycles. The summed E-state index contributed by atoms with van der Waals surface area (Å²) in [5, 5.41) is 5.51. The van der Waals surface area contributed by atoms with Crippen molar-refractivity contribution in [3.05, 3.63) is 33.4 Å². The molecule has 1 unspecified atom stereocenters. The monoisotopic (exact) mass is 426 g/mol. The summed E-state index contributed by atoms with van der Waals surface area (Å²) < 4.78 is 16.6. The summed E-state index contributed by atoms with van der Waals surface area (Å²) in [6.07, 6.45) is 1.34. The topological polar surface area (TPSA) is 85.9 Å². The van der Waals surface area contributed by atoms with E-state index in [2.05, 4.69) is 26.6 Å². The quantitative estimate of drug-likeness (QED) is 0.652. The zero-order valence-corrected chi connectivity index (χ0v) is 16.9. The normalized spacial score (nSPS) is 16.7. The lowest BCUT2D eigenvalue weighted by molar-refractivity contribution is -0.136. The molecule has 0 fully saturated rings. The van der Waals surface area contributed by atoms with E-state index >= 15 is 0 Å². The van der Waals surface area contributed by atoms with E-state index in [1.165, 1.54) is 14.2 Å². The minimum absolute atomic E-state index is 0.366. The number of halogens is 1. The van der Waals surface area contributed by atoms with Crippen molar-refractivity contribution >= 4 is 27.9 Å². The minimum Gasteiger partial charge on any atom is -0.493 e. The van der Waals surface area contributed by atoms with Crippen molar-refractivity contribution in [3.8, 4) is 11.5 Å². The Kier molecular flexibility index (Phi) is 6.90. The van der Waals surface area contributed by atoms with Gasteiger partial charge in [-0.1, -0.05) is 13.3 Å². The van der Waals surface area contributed by atoms with E-state index in [0.717, 1.165) is 6.42 Å². The van der Waals surface area contributed by atoms with Crippen LogP contribution in [0.2, 0.25) is 0 Å². The molecule has 2 N–H and O–H groups in total. The van der Waals surface area contributed by atoms with Gasteiger partial charge in [-0.05, 0) is 47.0 Å². The summed E-state index contributed by atoms with van der Waals surface area (Å²) in [7, 11) is 2.86. The third kappa shape index (κ3) is 4.12. The zero-order chi connectivity index (χ0) is 19.3. The van der Waals surface area contributed by atoms with Gasteiger partial charge in [0.1, 0.15) is 0 Å². The first kappa shape index (κ1) is 20.1. The van der Waals surface area contributed by atoms with Crippen molar-refractivity contribution in [2.24, 2.45) is 0 Å². The van der Waals surface area contributed by atoms with Gasteiger partial charge in [-0.25, -0.2) is 9.59 Å². The van der Waals surface area contributed by atoms with Crippen LogP contribution < -0.4 is 20.1 Å². The number of carbonyl (C=O) groups is 2. The van der Waals surface area contributed by atoms with Gasteiger partial charge in [0.05, 0.1) is 36.9 Å². The Hall–Kier alpha value is -2.22. The van der Waals surface area contributed by atoms with E-state index in [0.29, 0.717) is 45.8 Å². The van der Waals surface area contributed by atoms with Crippen LogP contribution in [0.25, 0.3) is 0 Å². The fourth-order valence-electron chi connectivity index (χ4n) is 2.86. The first-order chi connectivity index (χ1) is 12.5. The SMILES string of the molecule is CCCC1=C(C(=O)OC)C(c2cc(Br)c(OCC)c(OC)c2)NC(=O)N1. The molecule has 1 atom stereocenters. The summed E-state index contributed by atoms with van der Waals surface area (Å²) >= 11 is 3.48. The van der Waals surface area contributed by atoms with Crippen LogP contribution in [-0.2, 0) is 9.53 Å². The maximum Gasteiger partial charge on any atom is 0.337 e. The van der Waals surface area contributed by atoms with Crippen LogP contribution in [0.4, 0.5) is 4.79 Å². The second-order valence-corrected chi connectivity index (χ2v) is 6.49. The largest absolute Gasteiger partial charge is 0.493 e. The summed E-state index contributed by atoms with van der Waals surface area (Å²) in [6, 6.07) is 2.53. The Labute approximate surface area is 161 Å². The lowest BCUT2D eigenvalue weighted by Gasteiger charge is -2.29. The van der Waals surface area contributed by atoms with Gasteiger partial charge >= 0.3 is 12.0 Å². The molecule has 1 aliphatic heterocycles. The zero-order valence-electron chi connectivity index (χ0n) is 15.3. The van der Waals surface area contributed by atoms with Gasteiger partial charge < -0.3 is 24.8 Å². The molecule has 0 saturated heterocycles. The highest BCUT2D eigenvalue weighted by atomic mass is 79.9. The highest BCUT2D eigenvalue weighted by molar-refractivity contribution is 9.10. The first-order valence-corrected chi connectivity index (χ1v) is 9.15. The number of rotatable bonds is 7. The summed E-state index contributed by atoms with van der Waals surface area (Å²) in [5.74, 6) is 0.580. The molecular weight excluding hydrogens is 404 g/mol. The van der Waals surface area contributed by atoms with Crippen LogP contribution in [0.3, 0.4) is 0 Å². The van der Waals surface area contributed by atoms with Gasteiger partial charge in [0, 0.05) is 5.70 Å². The van der Waals surface area contributed by atoms with E-state index in [1.54, 1.807) is 12.1 Å². The molecule has 1 aromatic carbocycles. The molecule has 7 nitrogen and oxygen atoms in total. The van der Waals surface area contributed by atoms with E-state index in [-0.39, 0.29) is 6.03 Å². The number of allylic oxidation sites excluding steroid dienone is 1. The number of hydrogen-bond donors (Lipinski definition) is 2. The van der Waals surface area contributed by atoms with E-state index in [9.17, 15) is 9.59 Å². The molecule has 8 heteroatoms. The maximum atomic E-state index is 12.4. The van der Waals surface area contributed by atoms with Crippen molar-refractivity contribution in [2.45, 2.75) is 32.7 Å². The van der Waals surface area contributed by atoms with Crippen molar-refractivity contribution < 1.29 is 23.8 Å². The lowest BCUT2D eigenvalue weighted by Crippen LogP contribution is -2.45. The third-order valence-corrected chi connectivity index (χ3v) is 4.52. The van der Waals surface area contributed by atoms with Gasteiger partial charge in [-0.3, -0.25) is 0 Å². The summed E-state index contributed by atoms with van der Waals surface area (Å²) in [5.41, 5.74) is 1.63. The standard InChI is InChI=1S/C18H23BrN2O5/c1-5-7-12-14(17(22)25-4)15(21-18(23)20-12)10-8-11(19)16(26-6-2)13(9-10)24-3/h8-9,15H,5-7H2,1-4H3,(H2,20,21,23). The predicted octanol–water partition coefficient (Wildman–Crippen LogP) is 3.44. The average molecular weight is 427 g/mol. The van der Waals surface area contributed by atoms with Gasteiger partial charge in [0.15, 0.2) is 11.5 Å². The Morgan fingerprint density at radius 1 is 1.27 bits per heavy atom. The van der Waals surface area contributed by atoms with E-state index in [4.69, 9.17) is 14.2 Å². The number of ether oxygens (including phenoxy) is 3. The average Bonchev–Trinajstić information content (AvgIpc) is 2.62. The molecule has 2 rings (SSSR count). The molecule has 0 aliphatic carbocycles. The van der Waals surface area contributed by atoms with Crippen molar-refractivity contribution in [3.63, 3.8) is 0 Å². The number of carbonyl (C=O) groups excluding carboxylic acids is 2. The maximum absolute atomic E-state index is 12.4. The summed E-state index contributed by atoms with van der Waals surface area (Å²) in [4.78, 5) is 24.5. The molecule has 0 spiro atoms. The summed E-state index contributed by atoms with van der Waals surface area (Å²) in [6.45, 7) is 4.33. The molecule has 0 bridgehead atoms. The number of amides is 2. The molecule has 1 aromatic rings. The van der Waals surface area contributed by atoms with Crippen LogP contribution in [0.1, 0.15) is 38.3 Å². The highest BCUT2D eigenvalue weighted by Crippen LogP contribution is 2.40. The second-order valence-electron chi connectivity index (χ2n) is 5.63. The molecule has 0 aromatic heterocycles. The van der Waals surface area contributed by atoms with Crippen LogP contribution in [0.5, 0.6) is 11.5 Å². The fraction of sp³-hybridized carbons (Fsp3) is 0.444. The number of nitrogens with one attached hydrogen (secondary N) is 2. The Bertz CT molecular complexity index is 733.